The van der Waals surface area contributed by atoms with Crippen LogP contribution in [0.15, 0.2) is 24.5 Å². The van der Waals surface area contributed by atoms with Crippen LogP contribution in [0.2, 0.25) is 0 Å². The number of pyridine rings is 1. The summed E-state index contributed by atoms with van der Waals surface area (Å²) < 4.78 is 0. The zero-order valence-electron chi connectivity index (χ0n) is 7.41. The molecule has 1 rings (SSSR count). The van der Waals surface area contributed by atoms with Crippen LogP contribution in [0.5, 0.6) is 0 Å². The highest BCUT2D eigenvalue weighted by molar-refractivity contribution is 5.17. The number of hydrogen-bond donors (Lipinski definition) is 2. The lowest BCUT2D eigenvalue weighted by atomic mass is 10.0. The topological polar surface area (TPSA) is 45.1 Å². The number of nitrogens with zero attached hydrogens (tertiary/aromatic N) is 1. The van der Waals surface area contributed by atoms with Crippen molar-refractivity contribution in [1.82, 2.24) is 10.3 Å². The Hall–Kier alpha value is -0.930. The van der Waals surface area contributed by atoms with Gasteiger partial charge in [0.1, 0.15) is 5.72 Å². The molecule has 0 saturated carbocycles. The largest absolute Gasteiger partial charge is 0.372 e. The van der Waals surface area contributed by atoms with Gasteiger partial charge >= 0.3 is 0 Å². The molecular formula is C9H14N2O. The molecule has 0 saturated heterocycles. The van der Waals surface area contributed by atoms with E-state index in [2.05, 4.69) is 10.3 Å². The Morgan fingerprint density at radius 2 is 2.08 bits per heavy atom. The Labute approximate surface area is 72.5 Å². The molecule has 0 aliphatic heterocycles. The van der Waals surface area contributed by atoms with Gasteiger partial charge in [-0.05, 0) is 25.6 Å². The smallest absolute Gasteiger partial charge is 0.141 e. The van der Waals surface area contributed by atoms with Crippen molar-refractivity contribution in [2.75, 3.05) is 7.05 Å². The van der Waals surface area contributed by atoms with Crippen molar-refractivity contribution in [2.45, 2.75) is 19.1 Å². The Morgan fingerprint density at radius 1 is 1.50 bits per heavy atom. The minimum Gasteiger partial charge on any atom is -0.372 e. The van der Waals surface area contributed by atoms with Gasteiger partial charge in [-0.15, -0.1) is 0 Å². The number of aromatic nitrogens is 1. The van der Waals surface area contributed by atoms with Gasteiger partial charge in [-0.3, -0.25) is 10.3 Å². The van der Waals surface area contributed by atoms with Crippen LogP contribution in [0, 0.1) is 0 Å². The number of hydrogen-bond acceptors (Lipinski definition) is 3. The van der Waals surface area contributed by atoms with Gasteiger partial charge in [0.15, 0.2) is 0 Å². The fourth-order valence-electron chi connectivity index (χ4n) is 1.15. The molecule has 0 amide bonds. The molecule has 0 aromatic carbocycles. The molecule has 0 bridgehead atoms. The van der Waals surface area contributed by atoms with Crippen molar-refractivity contribution in [1.29, 1.82) is 0 Å². The molecule has 0 aliphatic carbocycles. The monoisotopic (exact) mass is 166 g/mol. The number of rotatable bonds is 3. The first-order chi connectivity index (χ1) is 5.73. The minimum absolute atomic E-state index is 0.632. The molecular weight excluding hydrogens is 152 g/mol. The van der Waals surface area contributed by atoms with Gasteiger partial charge in [-0.1, -0.05) is 6.92 Å². The minimum atomic E-state index is -0.914. The maximum absolute atomic E-state index is 9.96. The lowest BCUT2D eigenvalue weighted by Gasteiger charge is -2.26. The van der Waals surface area contributed by atoms with Gasteiger partial charge < -0.3 is 5.11 Å². The van der Waals surface area contributed by atoms with Crippen LogP contribution in [0.1, 0.15) is 18.9 Å². The summed E-state index contributed by atoms with van der Waals surface area (Å²) in [5.74, 6) is 0. The molecule has 66 valence electrons. The summed E-state index contributed by atoms with van der Waals surface area (Å²) in [6.07, 6.45) is 3.98. The summed E-state index contributed by atoms with van der Waals surface area (Å²) in [5.41, 5.74) is -0.0642. The summed E-state index contributed by atoms with van der Waals surface area (Å²) in [6, 6.07) is 3.61. The highest BCUT2D eigenvalue weighted by Crippen LogP contribution is 2.19. The summed E-state index contributed by atoms with van der Waals surface area (Å²) in [4.78, 5) is 3.89. The predicted molar refractivity (Wildman–Crippen MR) is 47.5 cm³/mol. The zero-order chi connectivity index (χ0) is 9.03. The van der Waals surface area contributed by atoms with E-state index in [0.29, 0.717) is 6.42 Å². The van der Waals surface area contributed by atoms with Crippen LogP contribution in [0.25, 0.3) is 0 Å². The molecule has 2 N–H and O–H groups in total. The maximum Gasteiger partial charge on any atom is 0.141 e. The van der Waals surface area contributed by atoms with Crippen LogP contribution in [-0.4, -0.2) is 17.1 Å². The van der Waals surface area contributed by atoms with Crippen LogP contribution in [-0.2, 0) is 5.72 Å². The van der Waals surface area contributed by atoms with Gasteiger partial charge in [0, 0.05) is 18.0 Å². The van der Waals surface area contributed by atoms with Gasteiger partial charge in [-0.2, -0.15) is 0 Å². The molecule has 0 fully saturated rings. The second-order valence-electron chi connectivity index (χ2n) is 2.70. The standard InChI is InChI=1S/C9H14N2O/c1-3-9(12,10-2)8-4-6-11-7-5-8/h4-7,10,12H,3H2,1-2H3. The first kappa shape index (κ1) is 9.16. The molecule has 12 heavy (non-hydrogen) atoms. The Morgan fingerprint density at radius 3 is 2.50 bits per heavy atom. The van der Waals surface area contributed by atoms with Crippen molar-refractivity contribution >= 4 is 0 Å². The SMILES string of the molecule is CCC(O)(NC)c1ccncc1. The summed E-state index contributed by atoms with van der Waals surface area (Å²) in [6.45, 7) is 1.93. The van der Waals surface area contributed by atoms with E-state index in [9.17, 15) is 5.11 Å². The number of nitrogens with one attached hydrogen (secondary N) is 1. The first-order valence-electron chi connectivity index (χ1n) is 4.04. The van der Waals surface area contributed by atoms with E-state index >= 15 is 0 Å². The van der Waals surface area contributed by atoms with Gasteiger partial charge in [0.2, 0.25) is 0 Å². The van der Waals surface area contributed by atoms with E-state index in [1.54, 1.807) is 31.6 Å². The van der Waals surface area contributed by atoms with Gasteiger partial charge in [-0.25, -0.2) is 0 Å². The molecule has 3 nitrogen and oxygen atoms in total. The molecule has 1 atom stereocenters. The third kappa shape index (κ3) is 1.62. The highest BCUT2D eigenvalue weighted by atomic mass is 16.3. The molecule has 0 spiro atoms. The van der Waals surface area contributed by atoms with Gasteiger partial charge in [0.25, 0.3) is 0 Å². The lowest BCUT2D eigenvalue weighted by molar-refractivity contribution is 0.00405. The lowest BCUT2D eigenvalue weighted by Crippen LogP contribution is -2.38. The summed E-state index contributed by atoms with van der Waals surface area (Å²) >= 11 is 0. The molecule has 1 heterocycles. The van der Waals surface area contributed by atoms with E-state index < -0.39 is 5.72 Å². The average Bonchev–Trinajstić information content (AvgIpc) is 2.18. The van der Waals surface area contributed by atoms with Crippen LogP contribution in [0.4, 0.5) is 0 Å². The number of aliphatic hydroxyl groups is 1. The van der Waals surface area contributed by atoms with Crippen molar-refractivity contribution in [3.63, 3.8) is 0 Å². The van der Waals surface area contributed by atoms with E-state index in [1.807, 2.05) is 6.92 Å². The van der Waals surface area contributed by atoms with Crippen LogP contribution >= 0.6 is 0 Å². The summed E-state index contributed by atoms with van der Waals surface area (Å²) in [7, 11) is 1.74. The van der Waals surface area contributed by atoms with Crippen molar-refractivity contribution in [2.24, 2.45) is 0 Å². The van der Waals surface area contributed by atoms with Crippen molar-refractivity contribution in [3.8, 4) is 0 Å². The maximum atomic E-state index is 9.96. The van der Waals surface area contributed by atoms with E-state index in [1.165, 1.54) is 0 Å². The predicted octanol–water partition coefficient (Wildman–Crippen LogP) is 0.856. The normalized spacial score (nSPS) is 15.6. The fraction of sp³-hybridized carbons (Fsp3) is 0.444. The van der Waals surface area contributed by atoms with E-state index in [-0.39, 0.29) is 0 Å². The van der Waals surface area contributed by atoms with E-state index in [0.717, 1.165) is 5.56 Å². The molecule has 0 radical (unpaired) electrons. The Kier molecular flexibility index (Phi) is 2.78. The highest BCUT2D eigenvalue weighted by Gasteiger charge is 2.23. The van der Waals surface area contributed by atoms with Gasteiger partial charge in [0.05, 0.1) is 0 Å². The van der Waals surface area contributed by atoms with Crippen molar-refractivity contribution in [3.05, 3.63) is 30.1 Å². The molecule has 1 unspecified atom stereocenters. The second-order valence-corrected chi connectivity index (χ2v) is 2.70. The summed E-state index contributed by atoms with van der Waals surface area (Å²) in [5, 5.41) is 12.8. The average molecular weight is 166 g/mol. The Balaban J connectivity index is 2.95. The molecule has 0 aliphatic rings. The third-order valence-corrected chi connectivity index (χ3v) is 2.08. The van der Waals surface area contributed by atoms with Crippen molar-refractivity contribution < 1.29 is 5.11 Å². The van der Waals surface area contributed by atoms with Crippen LogP contribution < -0.4 is 5.32 Å². The fourth-order valence-corrected chi connectivity index (χ4v) is 1.15. The van der Waals surface area contributed by atoms with E-state index in [4.69, 9.17) is 0 Å². The Bertz CT molecular complexity index is 232. The quantitative estimate of drug-likeness (QED) is 0.654. The molecule has 1 aromatic heterocycles. The van der Waals surface area contributed by atoms with Crippen LogP contribution in [0.3, 0.4) is 0 Å². The molecule has 1 aromatic rings. The second kappa shape index (κ2) is 3.65. The zero-order valence-corrected chi connectivity index (χ0v) is 7.41. The first-order valence-corrected chi connectivity index (χ1v) is 4.04. The molecule has 3 heteroatoms. The third-order valence-electron chi connectivity index (χ3n) is 2.08.